The van der Waals surface area contributed by atoms with Gasteiger partial charge in [-0.2, -0.15) is 0 Å². The van der Waals surface area contributed by atoms with Gasteiger partial charge in [0, 0.05) is 11.0 Å². The summed E-state index contributed by atoms with van der Waals surface area (Å²) in [5.41, 5.74) is 3.92. The summed E-state index contributed by atoms with van der Waals surface area (Å²) in [6.45, 7) is 10.9. The van der Waals surface area contributed by atoms with E-state index in [1.54, 1.807) is 13.0 Å². The van der Waals surface area contributed by atoms with Gasteiger partial charge >= 0.3 is 5.97 Å². The number of carbonyl (C=O) groups excluding carboxylic acids is 2. The van der Waals surface area contributed by atoms with Gasteiger partial charge in [-0.1, -0.05) is 58.4 Å². The van der Waals surface area contributed by atoms with Crippen LogP contribution in [0.3, 0.4) is 0 Å². The highest BCUT2D eigenvalue weighted by Crippen LogP contribution is 2.40. The fourth-order valence-corrected chi connectivity index (χ4v) is 5.28. The maximum Gasteiger partial charge on any atom is 0.341 e. The average Bonchev–Trinajstić information content (AvgIpc) is 3.08. The summed E-state index contributed by atoms with van der Waals surface area (Å²) in [5.74, 6) is 0.0591. The molecule has 0 bridgehead atoms. The lowest BCUT2D eigenvalue weighted by Gasteiger charge is -2.20. The number of ether oxygens (including phenoxy) is 1. The lowest BCUT2D eigenvalue weighted by molar-refractivity contribution is -0.111. The Kier molecular flexibility index (Phi) is 7.37. The van der Waals surface area contributed by atoms with Crippen LogP contribution in [0.15, 0.2) is 30.3 Å². The van der Waals surface area contributed by atoms with Gasteiger partial charge in [-0.25, -0.2) is 4.79 Å². The highest BCUT2D eigenvalue weighted by Gasteiger charge is 2.29. The first kappa shape index (κ1) is 23.3. The van der Waals surface area contributed by atoms with Crippen LogP contribution >= 0.6 is 11.3 Å². The van der Waals surface area contributed by atoms with Gasteiger partial charge < -0.3 is 10.1 Å². The van der Waals surface area contributed by atoms with Crippen molar-refractivity contribution in [2.45, 2.75) is 65.7 Å². The summed E-state index contributed by atoms with van der Waals surface area (Å²) in [5, 5.41) is 3.55. The number of nitrogens with one attached hydrogen (secondary N) is 1. The molecule has 0 fully saturated rings. The van der Waals surface area contributed by atoms with E-state index in [4.69, 9.17) is 4.74 Å². The summed E-state index contributed by atoms with van der Waals surface area (Å²) < 4.78 is 5.29. The summed E-state index contributed by atoms with van der Waals surface area (Å²) in [6, 6.07) is 8.22. The van der Waals surface area contributed by atoms with E-state index in [-0.39, 0.29) is 17.3 Å². The van der Waals surface area contributed by atoms with Crippen LogP contribution in [0.1, 0.15) is 79.4 Å². The number of carbonyl (C=O) groups is 2. The van der Waals surface area contributed by atoms with Crippen LogP contribution in [0.4, 0.5) is 5.00 Å². The lowest BCUT2D eigenvalue weighted by Crippen LogP contribution is -2.16. The van der Waals surface area contributed by atoms with Crippen LogP contribution < -0.4 is 5.32 Å². The second-order valence-electron chi connectivity index (χ2n) is 9.14. The lowest BCUT2D eigenvalue weighted by atomic mass is 9.85. The molecule has 0 saturated carbocycles. The molecule has 1 aliphatic rings. The van der Waals surface area contributed by atoms with E-state index < -0.39 is 0 Å². The highest BCUT2D eigenvalue weighted by molar-refractivity contribution is 7.17. The number of thiophene rings is 1. The maximum atomic E-state index is 12.6. The first-order valence-electron chi connectivity index (χ1n) is 11.1. The van der Waals surface area contributed by atoms with Crippen molar-refractivity contribution in [1.29, 1.82) is 0 Å². The van der Waals surface area contributed by atoms with Crippen LogP contribution in [0.2, 0.25) is 0 Å². The smallest absolute Gasteiger partial charge is 0.341 e. The molecular weight excluding hydrogens is 406 g/mol. The van der Waals surface area contributed by atoms with Crippen molar-refractivity contribution in [3.05, 3.63) is 57.5 Å². The molecule has 1 heterocycles. The van der Waals surface area contributed by atoms with E-state index in [2.05, 4.69) is 45.1 Å². The second kappa shape index (κ2) is 9.82. The van der Waals surface area contributed by atoms with Gasteiger partial charge in [0.05, 0.1) is 12.2 Å². The summed E-state index contributed by atoms with van der Waals surface area (Å²) >= 11 is 1.52. The van der Waals surface area contributed by atoms with Crippen LogP contribution in [0.5, 0.6) is 0 Å². The van der Waals surface area contributed by atoms with Gasteiger partial charge in [-0.15, -0.1) is 11.3 Å². The highest BCUT2D eigenvalue weighted by atomic mass is 32.1. The van der Waals surface area contributed by atoms with Crippen molar-refractivity contribution in [3.8, 4) is 0 Å². The van der Waals surface area contributed by atoms with Crippen LogP contribution in [0, 0.1) is 5.92 Å². The van der Waals surface area contributed by atoms with E-state index >= 15 is 0 Å². The molecular formula is C26H33NO3S. The van der Waals surface area contributed by atoms with Gasteiger partial charge in [0.15, 0.2) is 0 Å². The molecule has 3 rings (SSSR count). The predicted molar refractivity (Wildman–Crippen MR) is 129 cm³/mol. The molecule has 2 aromatic rings. The molecule has 1 aromatic carbocycles. The number of amides is 1. The van der Waals surface area contributed by atoms with E-state index in [1.807, 2.05) is 12.1 Å². The number of fused-ring (bicyclic) bond motifs is 1. The minimum Gasteiger partial charge on any atom is -0.462 e. The Hall–Kier alpha value is -2.40. The van der Waals surface area contributed by atoms with Crippen molar-refractivity contribution in [3.63, 3.8) is 0 Å². The first-order valence-corrected chi connectivity index (χ1v) is 12.0. The van der Waals surface area contributed by atoms with Crippen LogP contribution in [-0.4, -0.2) is 18.5 Å². The maximum absolute atomic E-state index is 12.6. The van der Waals surface area contributed by atoms with Crippen molar-refractivity contribution in [2.24, 2.45) is 5.92 Å². The Labute approximate surface area is 189 Å². The molecule has 31 heavy (non-hydrogen) atoms. The molecule has 1 aliphatic carbocycles. The van der Waals surface area contributed by atoms with Crippen molar-refractivity contribution in [2.75, 3.05) is 11.9 Å². The molecule has 0 aliphatic heterocycles. The monoisotopic (exact) mass is 439 g/mol. The Morgan fingerprint density at radius 2 is 1.90 bits per heavy atom. The Morgan fingerprint density at radius 1 is 1.19 bits per heavy atom. The Morgan fingerprint density at radius 3 is 2.52 bits per heavy atom. The molecule has 1 atom stereocenters. The van der Waals surface area contributed by atoms with E-state index in [1.165, 1.54) is 27.9 Å². The number of anilines is 1. The number of benzene rings is 1. The number of esters is 1. The van der Waals surface area contributed by atoms with Crippen molar-refractivity contribution >= 4 is 34.3 Å². The third-order valence-electron chi connectivity index (χ3n) is 5.86. The quantitative estimate of drug-likeness (QED) is 0.419. The average molecular weight is 440 g/mol. The zero-order chi connectivity index (χ0) is 22.6. The first-order chi connectivity index (χ1) is 14.7. The number of rotatable bonds is 6. The fraction of sp³-hybridized carbons (Fsp3) is 0.462. The molecule has 4 nitrogen and oxygen atoms in total. The third-order valence-corrected chi connectivity index (χ3v) is 7.03. The minimum absolute atomic E-state index is 0.0954. The van der Waals surface area contributed by atoms with Crippen LogP contribution in [-0.2, 0) is 27.8 Å². The standard InChI is InChI=1S/C26H33NO3S/c1-6-17-10-14-20-21(16-17)31-24(23(20)25(29)30-7-2)27-22(28)15-11-18-8-12-19(13-9-18)26(3,4)5/h8-9,11-13,15,17H,6-7,10,14,16H2,1-5H3,(H,27,28)/b15-11+. The molecule has 166 valence electrons. The van der Waals surface area contributed by atoms with E-state index in [0.717, 1.165) is 36.8 Å². The molecule has 0 spiro atoms. The molecule has 1 N–H and O–H groups in total. The van der Waals surface area contributed by atoms with Gasteiger partial charge in [-0.05, 0) is 60.3 Å². The molecule has 1 unspecified atom stereocenters. The van der Waals surface area contributed by atoms with Crippen molar-refractivity contribution < 1.29 is 14.3 Å². The molecule has 1 aromatic heterocycles. The normalized spacial score (nSPS) is 16.2. The minimum atomic E-state index is -0.341. The summed E-state index contributed by atoms with van der Waals surface area (Å²) in [7, 11) is 0. The van der Waals surface area contributed by atoms with Crippen molar-refractivity contribution in [1.82, 2.24) is 0 Å². The van der Waals surface area contributed by atoms with E-state index in [0.29, 0.717) is 23.1 Å². The molecule has 1 amide bonds. The van der Waals surface area contributed by atoms with Gasteiger partial charge in [0.25, 0.3) is 0 Å². The summed E-state index contributed by atoms with van der Waals surface area (Å²) in [4.78, 5) is 26.5. The predicted octanol–water partition coefficient (Wildman–Crippen LogP) is 6.39. The molecule has 0 saturated heterocycles. The zero-order valence-corrected chi connectivity index (χ0v) is 20.0. The third kappa shape index (κ3) is 5.65. The number of hydrogen-bond acceptors (Lipinski definition) is 4. The number of hydrogen-bond donors (Lipinski definition) is 1. The Bertz CT molecular complexity index is 964. The van der Waals surface area contributed by atoms with E-state index in [9.17, 15) is 9.59 Å². The summed E-state index contributed by atoms with van der Waals surface area (Å²) in [6.07, 6.45) is 7.36. The SMILES string of the molecule is CCOC(=O)c1c(NC(=O)/C=C/c2ccc(C(C)(C)C)cc2)sc2c1CCC(CC)C2. The molecule has 5 heteroatoms. The molecule has 0 radical (unpaired) electrons. The largest absolute Gasteiger partial charge is 0.462 e. The second-order valence-corrected chi connectivity index (χ2v) is 10.2. The van der Waals surface area contributed by atoms with Gasteiger partial charge in [-0.3, -0.25) is 4.79 Å². The van der Waals surface area contributed by atoms with Gasteiger partial charge in [0.2, 0.25) is 5.91 Å². The Balaban J connectivity index is 1.78. The van der Waals surface area contributed by atoms with Gasteiger partial charge in [0.1, 0.15) is 5.00 Å². The topological polar surface area (TPSA) is 55.4 Å². The van der Waals surface area contributed by atoms with Crippen LogP contribution in [0.25, 0.3) is 6.08 Å². The zero-order valence-electron chi connectivity index (χ0n) is 19.2. The fourth-order valence-electron chi connectivity index (χ4n) is 3.93.